The zero-order valence-electron chi connectivity index (χ0n) is 12.7. The largest absolute Gasteiger partial charge is 0.365 e. The molecule has 118 valence electrons. The Morgan fingerprint density at radius 3 is 2.71 bits per heavy atom. The molecule has 3 nitrogen and oxygen atoms in total. The Kier molecular flexibility index (Phi) is 4.15. The van der Waals surface area contributed by atoms with Crippen LogP contribution in [0.4, 0.5) is 5.82 Å². The van der Waals surface area contributed by atoms with Crippen molar-refractivity contribution in [2.45, 2.75) is 6.54 Å². The number of hydrogen-bond acceptors (Lipinski definition) is 4. The molecule has 24 heavy (non-hydrogen) atoms. The van der Waals surface area contributed by atoms with Gasteiger partial charge in [0.2, 0.25) is 0 Å². The van der Waals surface area contributed by atoms with Gasteiger partial charge in [-0.3, -0.25) is 0 Å². The fourth-order valence-electron chi connectivity index (χ4n) is 2.63. The van der Waals surface area contributed by atoms with Gasteiger partial charge in [0.15, 0.2) is 0 Å². The van der Waals surface area contributed by atoms with Gasteiger partial charge in [-0.1, -0.05) is 35.9 Å². The van der Waals surface area contributed by atoms with Crippen LogP contribution in [-0.2, 0) is 6.54 Å². The van der Waals surface area contributed by atoms with Crippen molar-refractivity contribution in [2.24, 2.45) is 0 Å². The Morgan fingerprint density at radius 2 is 1.88 bits per heavy atom. The lowest BCUT2D eigenvalue weighted by Crippen LogP contribution is -2.01. The van der Waals surface area contributed by atoms with Crippen molar-refractivity contribution in [3.05, 3.63) is 76.2 Å². The van der Waals surface area contributed by atoms with Crippen molar-refractivity contribution in [1.29, 1.82) is 0 Å². The van der Waals surface area contributed by atoms with Crippen molar-refractivity contribution in [3.63, 3.8) is 0 Å². The zero-order valence-corrected chi connectivity index (χ0v) is 14.3. The van der Waals surface area contributed by atoms with E-state index in [0.29, 0.717) is 0 Å². The minimum absolute atomic E-state index is 0.730. The van der Waals surface area contributed by atoms with Gasteiger partial charge in [-0.15, -0.1) is 11.3 Å². The Hall–Kier alpha value is -2.43. The molecular formula is C19H14ClN3S. The smallest absolute Gasteiger partial charge is 0.137 e. The molecule has 0 fully saturated rings. The first kappa shape index (κ1) is 15.1. The fourth-order valence-corrected chi connectivity index (χ4v) is 3.46. The number of nitrogens with one attached hydrogen (secondary N) is 1. The predicted octanol–water partition coefficient (Wildman–Crippen LogP) is 5.62. The summed E-state index contributed by atoms with van der Waals surface area (Å²) in [5.41, 5.74) is 3.10. The van der Waals surface area contributed by atoms with Crippen molar-refractivity contribution in [3.8, 4) is 11.1 Å². The number of benzene rings is 2. The van der Waals surface area contributed by atoms with E-state index in [1.54, 1.807) is 17.7 Å². The monoisotopic (exact) mass is 351 g/mol. The second kappa shape index (κ2) is 6.59. The van der Waals surface area contributed by atoms with Crippen LogP contribution in [0.3, 0.4) is 0 Å². The van der Waals surface area contributed by atoms with Crippen LogP contribution in [0.15, 0.2) is 66.3 Å². The third-order valence-corrected chi connectivity index (χ3v) is 4.91. The van der Waals surface area contributed by atoms with E-state index in [9.17, 15) is 0 Å². The van der Waals surface area contributed by atoms with Gasteiger partial charge in [-0.25, -0.2) is 9.97 Å². The summed E-state index contributed by atoms with van der Waals surface area (Å²) < 4.78 is 0. The molecule has 2 aromatic carbocycles. The fraction of sp³-hybridized carbons (Fsp3) is 0.0526. The summed E-state index contributed by atoms with van der Waals surface area (Å²) in [5, 5.41) is 7.22. The second-order valence-electron chi connectivity index (χ2n) is 5.40. The second-order valence-corrected chi connectivity index (χ2v) is 6.87. The summed E-state index contributed by atoms with van der Waals surface area (Å²) in [4.78, 5) is 10.1. The molecule has 1 N–H and O–H groups in total. The molecule has 0 radical (unpaired) electrons. The molecule has 0 saturated heterocycles. The molecule has 2 heterocycles. The van der Waals surface area contributed by atoms with Gasteiger partial charge in [0.05, 0.1) is 12.1 Å². The van der Waals surface area contributed by atoms with Gasteiger partial charge in [0, 0.05) is 15.3 Å². The molecule has 2 aromatic heterocycles. The van der Waals surface area contributed by atoms with Crippen LogP contribution >= 0.6 is 22.9 Å². The summed E-state index contributed by atoms with van der Waals surface area (Å²) in [7, 11) is 0. The number of rotatable bonds is 4. The van der Waals surface area contributed by atoms with Gasteiger partial charge < -0.3 is 5.32 Å². The molecule has 0 aliphatic rings. The minimum atomic E-state index is 0.730. The highest BCUT2D eigenvalue weighted by Crippen LogP contribution is 2.28. The van der Waals surface area contributed by atoms with Crippen LogP contribution in [0.25, 0.3) is 22.0 Å². The lowest BCUT2D eigenvalue weighted by Gasteiger charge is -2.09. The lowest BCUT2D eigenvalue weighted by molar-refractivity contribution is 1.13. The number of anilines is 1. The average molecular weight is 352 g/mol. The number of fused-ring (bicyclic) bond motifs is 1. The Bertz CT molecular complexity index is 983. The maximum atomic E-state index is 6.12. The highest BCUT2D eigenvalue weighted by atomic mass is 35.5. The average Bonchev–Trinajstić information content (AvgIpc) is 3.13. The Morgan fingerprint density at radius 1 is 0.958 bits per heavy atom. The molecule has 0 amide bonds. The van der Waals surface area contributed by atoms with Gasteiger partial charge in [0.25, 0.3) is 0 Å². The summed E-state index contributed by atoms with van der Waals surface area (Å²) in [6.45, 7) is 0.755. The molecule has 4 aromatic rings. The number of aromatic nitrogens is 2. The summed E-state index contributed by atoms with van der Waals surface area (Å²) in [5.74, 6) is 0.845. The van der Waals surface area contributed by atoms with Crippen molar-refractivity contribution < 1.29 is 0 Å². The molecule has 4 rings (SSSR count). The zero-order chi connectivity index (χ0) is 16.4. The number of hydrogen-bond donors (Lipinski definition) is 1. The standard InChI is InChI=1S/C19H14ClN3S/c20-15-4-1-3-13(9-15)14-6-7-18-17(10-14)19(23-12-22-18)21-11-16-5-2-8-24-16/h1-10,12H,11H2,(H,21,22,23). The summed E-state index contributed by atoms with van der Waals surface area (Å²) in [6.07, 6.45) is 1.60. The minimum Gasteiger partial charge on any atom is -0.365 e. The van der Waals surface area contributed by atoms with Crippen LogP contribution < -0.4 is 5.32 Å². The number of halogens is 1. The summed E-state index contributed by atoms with van der Waals surface area (Å²) in [6, 6.07) is 18.2. The Balaban J connectivity index is 1.73. The lowest BCUT2D eigenvalue weighted by atomic mass is 10.0. The molecule has 0 atom stereocenters. The van der Waals surface area contributed by atoms with E-state index in [1.165, 1.54) is 4.88 Å². The molecule has 0 aliphatic heterocycles. The van der Waals surface area contributed by atoms with Crippen molar-refractivity contribution in [2.75, 3.05) is 5.32 Å². The van der Waals surface area contributed by atoms with Crippen molar-refractivity contribution in [1.82, 2.24) is 9.97 Å². The molecule has 0 saturated carbocycles. The first-order chi connectivity index (χ1) is 11.8. The van der Waals surface area contributed by atoms with Crippen LogP contribution in [-0.4, -0.2) is 9.97 Å². The normalized spacial score (nSPS) is 10.9. The first-order valence-electron chi connectivity index (χ1n) is 7.56. The van der Waals surface area contributed by atoms with Crippen molar-refractivity contribution >= 4 is 39.7 Å². The number of nitrogens with zero attached hydrogens (tertiary/aromatic N) is 2. The molecule has 0 bridgehead atoms. The van der Waals surface area contributed by atoms with E-state index >= 15 is 0 Å². The van der Waals surface area contributed by atoms with E-state index in [-0.39, 0.29) is 0 Å². The molecule has 5 heteroatoms. The third-order valence-electron chi connectivity index (χ3n) is 3.80. The highest BCUT2D eigenvalue weighted by molar-refractivity contribution is 7.09. The van der Waals surface area contributed by atoms with E-state index in [2.05, 4.69) is 51.0 Å². The topological polar surface area (TPSA) is 37.8 Å². The molecular weight excluding hydrogens is 338 g/mol. The maximum absolute atomic E-state index is 6.12. The number of thiophene rings is 1. The SMILES string of the molecule is Clc1cccc(-c2ccc3ncnc(NCc4cccs4)c3c2)c1. The van der Waals surface area contributed by atoms with E-state index < -0.39 is 0 Å². The maximum Gasteiger partial charge on any atom is 0.137 e. The van der Waals surface area contributed by atoms with Crippen LogP contribution in [0.1, 0.15) is 4.88 Å². The van der Waals surface area contributed by atoms with Crippen LogP contribution in [0.5, 0.6) is 0 Å². The molecule has 0 aliphatic carbocycles. The van der Waals surface area contributed by atoms with Gasteiger partial charge >= 0.3 is 0 Å². The van der Waals surface area contributed by atoms with Gasteiger partial charge in [0.1, 0.15) is 12.1 Å². The van der Waals surface area contributed by atoms with E-state index in [1.807, 2.05) is 24.3 Å². The van der Waals surface area contributed by atoms with Gasteiger partial charge in [-0.2, -0.15) is 0 Å². The van der Waals surface area contributed by atoms with Gasteiger partial charge in [-0.05, 0) is 46.8 Å². The first-order valence-corrected chi connectivity index (χ1v) is 8.82. The Labute approximate surface area is 149 Å². The summed E-state index contributed by atoms with van der Waals surface area (Å²) >= 11 is 7.84. The van der Waals surface area contributed by atoms with E-state index in [4.69, 9.17) is 11.6 Å². The third kappa shape index (κ3) is 3.11. The molecule has 0 unspecified atom stereocenters. The quantitative estimate of drug-likeness (QED) is 0.518. The molecule has 0 spiro atoms. The predicted molar refractivity (Wildman–Crippen MR) is 102 cm³/mol. The van der Waals surface area contributed by atoms with Crippen LogP contribution in [0.2, 0.25) is 5.02 Å². The van der Waals surface area contributed by atoms with E-state index in [0.717, 1.165) is 39.4 Å². The van der Waals surface area contributed by atoms with Crippen LogP contribution in [0, 0.1) is 0 Å². The highest BCUT2D eigenvalue weighted by Gasteiger charge is 2.07.